The number of hydrogen-bond donors (Lipinski definition) is 0. The molecule has 0 radical (unpaired) electrons. The lowest BCUT2D eigenvalue weighted by atomic mass is 9.81. The summed E-state index contributed by atoms with van der Waals surface area (Å²) in [5.74, 6) is 0.503. The van der Waals surface area contributed by atoms with E-state index in [0.717, 1.165) is 39.3 Å². The van der Waals surface area contributed by atoms with E-state index in [4.69, 9.17) is 9.47 Å². The molecule has 0 N–H and O–H groups in total. The first-order valence-corrected chi connectivity index (χ1v) is 9.12. The zero-order valence-electron chi connectivity index (χ0n) is 14.9. The molecule has 4 nitrogen and oxygen atoms in total. The summed E-state index contributed by atoms with van der Waals surface area (Å²) in [7, 11) is 0. The van der Waals surface area contributed by atoms with Gasteiger partial charge >= 0.3 is 0 Å². The fourth-order valence-electron chi connectivity index (χ4n) is 4.06. The van der Waals surface area contributed by atoms with Crippen molar-refractivity contribution in [1.82, 2.24) is 9.88 Å². The molecule has 2 fully saturated rings. The van der Waals surface area contributed by atoms with Gasteiger partial charge in [0.2, 0.25) is 0 Å². The van der Waals surface area contributed by atoms with E-state index in [0.29, 0.717) is 12.5 Å². The molecule has 2 aliphatic heterocycles. The molecule has 0 saturated carbocycles. The van der Waals surface area contributed by atoms with Gasteiger partial charge in [-0.3, -0.25) is 9.88 Å². The molecule has 0 amide bonds. The van der Waals surface area contributed by atoms with Gasteiger partial charge in [0, 0.05) is 44.6 Å². The maximum absolute atomic E-state index is 6.15. The SMILES string of the molecule is Cc1cccc(CN2CC3(C2)OCC[C@H]3COCc2ccncc2)c1. The molecule has 4 rings (SSSR count). The summed E-state index contributed by atoms with van der Waals surface area (Å²) in [6, 6.07) is 12.8. The van der Waals surface area contributed by atoms with Crippen LogP contribution in [-0.4, -0.2) is 41.8 Å². The van der Waals surface area contributed by atoms with E-state index in [1.165, 1.54) is 16.7 Å². The topological polar surface area (TPSA) is 34.6 Å². The average molecular weight is 338 g/mol. The van der Waals surface area contributed by atoms with E-state index in [9.17, 15) is 0 Å². The minimum atomic E-state index is 0.0159. The molecular weight excluding hydrogens is 312 g/mol. The van der Waals surface area contributed by atoms with Crippen LogP contribution in [0.4, 0.5) is 0 Å². The van der Waals surface area contributed by atoms with Crippen molar-refractivity contribution in [3.63, 3.8) is 0 Å². The summed E-state index contributed by atoms with van der Waals surface area (Å²) in [4.78, 5) is 6.53. The Morgan fingerprint density at radius 1 is 1.20 bits per heavy atom. The Labute approximate surface area is 149 Å². The molecule has 1 aromatic carbocycles. The molecule has 2 saturated heterocycles. The molecule has 1 spiro atoms. The van der Waals surface area contributed by atoms with E-state index in [-0.39, 0.29) is 5.60 Å². The van der Waals surface area contributed by atoms with Crippen LogP contribution in [0.3, 0.4) is 0 Å². The molecule has 25 heavy (non-hydrogen) atoms. The van der Waals surface area contributed by atoms with Gasteiger partial charge in [0.25, 0.3) is 0 Å². The van der Waals surface area contributed by atoms with E-state index in [1.807, 2.05) is 24.5 Å². The molecule has 132 valence electrons. The molecule has 1 aromatic heterocycles. The second-order valence-corrected chi connectivity index (χ2v) is 7.40. The zero-order valence-corrected chi connectivity index (χ0v) is 14.9. The number of hydrogen-bond acceptors (Lipinski definition) is 4. The summed E-state index contributed by atoms with van der Waals surface area (Å²) in [5.41, 5.74) is 3.91. The second kappa shape index (κ2) is 7.24. The summed E-state index contributed by atoms with van der Waals surface area (Å²) < 4.78 is 12.1. The van der Waals surface area contributed by atoms with Gasteiger partial charge in [-0.2, -0.15) is 0 Å². The molecule has 2 aliphatic rings. The van der Waals surface area contributed by atoms with Crippen molar-refractivity contribution >= 4 is 0 Å². The van der Waals surface area contributed by atoms with Crippen molar-refractivity contribution in [2.75, 3.05) is 26.3 Å². The highest BCUT2D eigenvalue weighted by Crippen LogP contribution is 2.40. The Bertz CT molecular complexity index is 698. The van der Waals surface area contributed by atoms with Gasteiger partial charge in [-0.1, -0.05) is 29.8 Å². The van der Waals surface area contributed by atoms with Crippen molar-refractivity contribution < 1.29 is 9.47 Å². The van der Waals surface area contributed by atoms with Crippen LogP contribution < -0.4 is 0 Å². The van der Waals surface area contributed by atoms with Crippen LogP contribution in [-0.2, 0) is 22.6 Å². The van der Waals surface area contributed by atoms with Crippen molar-refractivity contribution in [2.24, 2.45) is 5.92 Å². The molecule has 0 aliphatic carbocycles. The van der Waals surface area contributed by atoms with Crippen LogP contribution in [0.2, 0.25) is 0 Å². The van der Waals surface area contributed by atoms with Gasteiger partial charge in [0.05, 0.1) is 18.8 Å². The van der Waals surface area contributed by atoms with Crippen LogP contribution in [0.1, 0.15) is 23.1 Å². The fourth-order valence-corrected chi connectivity index (χ4v) is 4.06. The molecule has 1 atom stereocenters. The Morgan fingerprint density at radius 2 is 2.04 bits per heavy atom. The number of pyridine rings is 1. The number of aryl methyl sites for hydroxylation is 1. The number of ether oxygens (including phenoxy) is 2. The highest BCUT2D eigenvalue weighted by molar-refractivity contribution is 5.23. The fraction of sp³-hybridized carbons (Fsp3) is 0.476. The number of rotatable bonds is 6. The molecule has 3 heterocycles. The van der Waals surface area contributed by atoms with Gasteiger partial charge in [-0.25, -0.2) is 0 Å². The predicted octanol–water partition coefficient (Wildman–Crippen LogP) is 3.20. The Hall–Kier alpha value is -1.75. The lowest BCUT2D eigenvalue weighted by Crippen LogP contribution is -2.64. The molecular formula is C21H26N2O2. The van der Waals surface area contributed by atoms with Crippen molar-refractivity contribution in [2.45, 2.75) is 32.1 Å². The maximum atomic E-state index is 6.15. The third-order valence-electron chi connectivity index (χ3n) is 5.41. The Kier molecular flexibility index (Phi) is 4.84. The zero-order chi connectivity index (χ0) is 17.1. The highest BCUT2D eigenvalue weighted by atomic mass is 16.5. The maximum Gasteiger partial charge on any atom is 0.0985 e. The standard InChI is InChI=1S/C21H26N2O2/c1-17-3-2-4-19(11-17)12-23-15-21(16-23)20(7-10-25-21)14-24-13-18-5-8-22-9-6-18/h2-6,8-9,11,20H,7,10,12-16H2,1H3/t20-/m0/s1. The van der Waals surface area contributed by atoms with Gasteiger partial charge in [0.1, 0.15) is 0 Å². The first kappa shape index (κ1) is 16.7. The van der Waals surface area contributed by atoms with Gasteiger partial charge < -0.3 is 9.47 Å². The summed E-state index contributed by atoms with van der Waals surface area (Å²) in [5, 5.41) is 0. The predicted molar refractivity (Wildman–Crippen MR) is 97.1 cm³/mol. The molecule has 0 unspecified atom stereocenters. The number of likely N-dealkylation sites (tertiary alicyclic amines) is 1. The monoisotopic (exact) mass is 338 g/mol. The van der Waals surface area contributed by atoms with E-state index < -0.39 is 0 Å². The van der Waals surface area contributed by atoms with Crippen molar-refractivity contribution in [3.8, 4) is 0 Å². The van der Waals surface area contributed by atoms with Gasteiger partial charge in [-0.15, -0.1) is 0 Å². The first-order valence-electron chi connectivity index (χ1n) is 9.12. The number of nitrogens with zero attached hydrogens (tertiary/aromatic N) is 2. The van der Waals surface area contributed by atoms with E-state index in [2.05, 4.69) is 41.1 Å². The Morgan fingerprint density at radius 3 is 2.84 bits per heavy atom. The first-order chi connectivity index (χ1) is 12.2. The quantitative estimate of drug-likeness (QED) is 0.810. The second-order valence-electron chi connectivity index (χ2n) is 7.40. The van der Waals surface area contributed by atoms with Crippen LogP contribution in [0, 0.1) is 12.8 Å². The van der Waals surface area contributed by atoms with Gasteiger partial charge in [-0.05, 0) is 36.6 Å². The number of benzene rings is 1. The summed E-state index contributed by atoms with van der Waals surface area (Å²) >= 11 is 0. The van der Waals surface area contributed by atoms with Gasteiger partial charge in [0.15, 0.2) is 0 Å². The minimum Gasteiger partial charge on any atom is -0.376 e. The smallest absolute Gasteiger partial charge is 0.0985 e. The third kappa shape index (κ3) is 3.76. The average Bonchev–Trinajstić information content (AvgIpc) is 2.99. The molecule has 4 heteroatoms. The third-order valence-corrected chi connectivity index (χ3v) is 5.41. The molecule has 0 bridgehead atoms. The van der Waals surface area contributed by atoms with Crippen LogP contribution in [0.15, 0.2) is 48.8 Å². The normalized spacial score (nSPS) is 22.2. The number of aromatic nitrogens is 1. The van der Waals surface area contributed by atoms with E-state index in [1.54, 1.807) is 0 Å². The van der Waals surface area contributed by atoms with Crippen LogP contribution in [0.5, 0.6) is 0 Å². The lowest BCUT2D eigenvalue weighted by Gasteiger charge is -2.50. The Balaban J connectivity index is 1.27. The lowest BCUT2D eigenvalue weighted by molar-refractivity contribution is -0.146. The largest absolute Gasteiger partial charge is 0.376 e. The van der Waals surface area contributed by atoms with Crippen LogP contribution in [0.25, 0.3) is 0 Å². The van der Waals surface area contributed by atoms with E-state index >= 15 is 0 Å². The van der Waals surface area contributed by atoms with Crippen molar-refractivity contribution in [3.05, 3.63) is 65.5 Å². The highest BCUT2D eigenvalue weighted by Gasteiger charge is 2.52. The van der Waals surface area contributed by atoms with Crippen molar-refractivity contribution in [1.29, 1.82) is 0 Å². The minimum absolute atomic E-state index is 0.0159. The summed E-state index contributed by atoms with van der Waals surface area (Å²) in [6.45, 7) is 7.49. The molecule has 2 aromatic rings. The van der Waals surface area contributed by atoms with Crippen LogP contribution >= 0.6 is 0 Å². The summed E-state index contributed by atoms with van der Waals surface area (Å²) in [6.07, 6.45) is 4.73.